The third-order valence-electron chi connectivity index (χ3n) is 5.24. The van der Waals surface area contributed by atoms with E-state index >= 15 is 0 Å². The number of hydrogen-bond donors (Lipinski definition) is 1. The van der Waals surface area contributed by atoms with Crippen LogP contribution in [0, 0.1) is 0 Å². The predicted octanol–water partition coefficient (Wildman–Crippen LogP) is 6.79. The molecule has 4 aromatic carbocycles. The van der Waals surface area contributed by atoms with Gasteiger partial charge in [-0.2, -0.15) is 0 Å². The number of para-hydroxylation sites is 1. The number of halogens is 1. The Morgan fingerprint density at radius 1 is 0.594 bits per heavy atom. The fourth-order valence-electron chi connectivity index (χ4n) is 3.69. The van der Waals surface area contributed by atoms with E-state index in [0.717, 1.165) is 41.7 Å². The number of rotatable bonds is 9. The third-order valence-corrected chi connectivity index (χ3v) is 5.48. The van der Waals surface area contributed by atoms with Crippen LogP contribution < -0.4 is 10.5 Å². The van der Waals surface area contributed by atoms with Gasteiger partial charge in [-0.15, -0.1) is 0 Å². The van der Waals surface area contributed by atoms with Crippen LogP contribution in [0.5, 0.6) is 11.5 Å². The highest BCUT2D eigenvalue weighted by atomic mass is 35.5. The van der Waals surface area contributed by atoms with E-state index in [1.807, 2.05) is 60.7 Å². The van der Waals surface area contributed by atoms with E-state index in [1.54, 1.807) is 0 Å². The summed E-state index contributed by atoms with van der Waals surface area (Å²) in [5.41, 5.74) is 10.5. The van der Waals surface area contributed by atoms with E-state index < -0.39 is 0 Å². The van der Waals surface area contributed by atoms with Crippen molar-refractivity contribution < 1.29 is 4.74 Å². The average Bonchev–Trinajstić information content (AvgIpc) is 2.80. The Balaban J connectivity index is 1.53. The second-order valence-electron chi connectivity index (χ2n) is 7.86. The summed E-state index contributed by atoms with van der Waals surface area (Å²) in [5, 5.41) is 0.757. The molecule has 0 fully saturated rings. The van der Waals surface area contributed by atoms with Gasteiger partial charge in [-0.1, -0.05) is 78.3 Å². The fraction of sp³-hybridized carbons (Fsp3) is 0.143. The van der Waals surface area contributed by atoms with Gasteiger partial charge in [-0.25, -0.2) is 0 Å². The smallest absolute Gasteiger partial charge is 0.127 e. The second kappa shape index (κ2) is 11.0. The van der Waals surface area contributed by atoms with Crippen LogP contribution in [0.1, 0.15) is 22.3 Å². The van der Waals surface area contributed by atoms with Crippen LogP contribution in [0.3, 0.4) is 0 Å². The van der Waals surface area contributed by atoms with Crippen LogP contribution in [0.25, 0.3) is 0 Å². The Hall–Kier alpha value is -3.11. The van der Waals surface area contributed by atoms with Crippen molar-refractivity contribution in [2.45, 2.75) is 26.2 Å². The van der Waals surface area contributed by atoms with Gasteiger partial charge in [0, 0.05) is 31.2 Å². The maximum Gasteiger partial charge on any atom is 0.127 e. The lowest BCUT2D eigenvalue weighted by Gasteiger charge is -2.23. The maximum atomic E-state index is 6.23. The van der Waals surface area contributed by atoms with Crippen molar-refractivity contribution in [1.29, 1.82) is 0 Å². The zero-order valence-electron chi connectivity index (χ0n) is 18.0. The summed E-state index contributed by atoms with van der Waals surface area (Å²) in [7, 11) is 0. The highest BCUT2D eigenvalue weighted by molar-refractivity contribution is 6.30. The molecule has 0 spiro atoms. The molecule has 4 heteroatoms. The summed E-state index contributed by atoms with van der Waals surface area (Å²) in [6.45, 7) is 2.96. The van der Waals surface area contributed by atoms with Crippen molar-refractivity contribution in [3.8, 4) is 11.5 Å². The zero-order chi connectivity index (χ0) is 22.2. The van der Waals surface area contributed by atoms with Crippen LogP contribution in [0.4, 0.5) is 0 Å². The monoisotopic (exact) mass is 442 g/mol. The largest absolute Gasteiger partial charge is 0.457 e. The lowest BCUT2D eigenvalue weighted by molar-refractivity contribution is 0.247. The van der Waals surface area contributed by atoms with Gasteiger partial charge in [0.1, 0.15) is 11.5 Å². The molecule has 0 aliphatic heterocycles. The Labute approximate surface area is 195 Å². The summed E-state index contributed by atoms with van der Waals surface area (Å²) in [6, 6.07) is 34.7. The Morgan fingerprint density at radius 2 is 1.19 bits per heavy atom. The average molecular weight is 443 g/mol. The normalized spacial score (nSPS) is 11.0. The summed E-state index contributed by atoms with van der Waals surface area (Å²) in [6.07, 6.45) is 0. The first-order chi connectivity index (χ1) is 15.7. The van der Waals surface area contributed by atoms with Crippen molar-refractivity contribution >= 4 is 11.6 Å². The number of benzene rings is 4. The number of ether oxygens (including phenoxy) is 1. The molecule has 0 aliphatic rings. The minimum atomic E-state index is 0.556. The summed E-state index contributed by atoms with van der Waals surface area (Å²) < 4.78 is 6.03. The summed E-state index contributed by atoms with van der Waals surface area (Å²) >= 11 is 6.23. The van der Waals surface area contributed by atoms with E-state index in [2.05, 4.69) is 47.4 Å². The molecule has 162 valence electrons. The molecule has 0 radical (unpaired) electrons. The molecule has 4 rings (SSSR count). The second-order valence-corrected chi connectivity index (χ2v) is 8.29. The molecule has 0 aromatic heterocycles. The molecule has 0 unspecified atom stereocenters. The van der Waals surface area contributed by atoms with E-state index in [4.69, 9.17) is 22.1 Å². The lowest BCUT2D eigenvalue weighted by Crippen LogP contribution is -2.22. The van der Waals surface area contributed by atoms with E-state index in [-0.39, 0.29) is 0 Å². The topological polar surface area (TPSA) is 38.5 Å². The molecule has 0 saturated carbocycles. The molecule has 0 heterocycles. The van der Waals surface area contributed by atoms with Gasteiger partial charge in [0.05, 0.1) is 0 Å². The van der Waals surface area contributed by atoms with Crippen molar-refractivity contribution in [3.63, 3.8) is 0 Å². The fourth-order valence-corrected chi connectivity index (χ4v) is 3.90. The van der Waals surface area contributed by atoms with Crippen molar-refractivity contribution in [2.75, 3.05) is 0 Å². The third kappa shape index (κ3) is 6.44. The minimum Gasteiger partial charge on any atom is -0.457 e. The van der Waals surface area contributed by atoms with Gasteiger partial charge in [0.25, 0.3) is 0 Å². The first-order valence-corrected chi connectivity index (χ1v) is 11.1. The molecule has 3 nitrogen and oxygen atoms in total. The first kappa shape index (κ1) is 22.1. The van der Waals surface area contributed by atoms with Crippen molar-refractivity contribution in [3.05, 3.63) is 130 Å². The minimum absolute atomic E-state index is 0.556. The molecule has 0 bridgehead atoms. The molecule has 0 amide bonds. The standard InChI is InChI=1S/C28H27ClN2O/c29-26-8-4-6-24(16-26)20-31(19-23-14-12-22(18-30)13-15-23)21-25-7-5-11-28(17-25)32-27-9-2-1-3-10-27/h1-17H,18-21,30H2. The zero-order valence-corrected chi connectivity index (χ0v) is 18.7. The van der Waals surface area contributed by atoms with Crippen LogP contribution in [-0.2, 0) is 26.2 Å². The van der Waals surface area contributed by atoms with Crippen LogP contribution >= 0.6 is 11.6 Å². The molecular formula is C28H27ClN2O. The van der Waals surface area contributed by atoms with Gasteiger partial charge in [0.15, 0.2) is 0 Å². The van der Waals surface area contributed by atoms with Crippen LogP contribution in [0.2, 0.25) is 5.02 Å². The van der Waals surface area contributed by atoms with E-state index in [1.165, 1.54) is 16.7 Å². The van der Waals surface area contributed by atoms with Gasteiger partial charge in [-0.05, 0) is 58.7 Å². The molecule has 4 aromatic rings. The number of nitrogens with zero attached hydrogens (tertiary/aromatic N) is 1. The molecule has 0 aliphatic carbocycles. The SMILES string of the molecule is NCc1ccc(CN(Cc2cccc(Cl)c2)Cc2cccc(Oc3ccccc3)c2)cc1. The van der Waals surface area contributed by atoms with Gasteiger partial charge < -0.3 is 10.5 Å². The van der Waals surface area contributed by atoms with Crippen LogP contribution in [0.15, 0.2) is 103 Å². The van der Waals surface area contributed by atoms with Gasteiger partial charge in [0.2, 0.25) is 0 Å². The first-order valence-electron chi connectivity index (χ1n) is 10.7. The van der Waals surface area contributed by atoms with Gasteiger partial charge in [-0.3, -0.25) is 4.90 Å². The lowest BCUT2D eigenvalue weighted by atomic mass is 10.1. The molecule has 2 N–H and O–H groups in total. The summed E-state index contributed by atoms with van der Waals surface area (Å²) in [4.78, 5) is 2.41. The van der Waals surface area contributed by atoms with E-state index in [9.17, 15) is 0 Å². The van der Waals surface area contributed by atoms with Crippen molar-refractivity contribution in [1.82, 2.24) is 4.90 Å². The Morgan fingerprint density at radius 3 is 1.88 bits per heavy atom. The van der Waals surface area contributed by atoms with Gasteiger partial charge >= 0.3 is 0 Å². The predicted molar refractivity (Wildman–Crippen MR) is 132 cm³/mol. The van der Waals surface area contributed by atoms with E-state index in [0.29, 0.717) is 6.54 Å². The molecule has 0 saturated heterocycles. The van der Waals surface area contributed by atoms with Crippen molar-refractivity contribution in [2.24, 2.45) is 5.73 Å². The molecule has 0 atom stereocenters. The Bertz CT molecular complexity index is 1130. The maximum absolute atomic E-state index is 6.23. The van der Waals surface area contributed by atoms with Crippen LogP contribution in [-0.4, -0.2) is 4.90 Å². The Kier molecular flexibility index (Phi) is 7.57. The molecular weight excluding hydrogens is 416 g/mol. The quantitative estimate of drug-likeness (QED) is 0.310. The number of hydrogen-bond acceptors (Lipinski definition) is 3. The summed E-state index contributed by atoms with van der Waals surface area (Å²) in [5.74, 6) is 1.67. The highest BCUT2D eigenvalue weighted by Gasteiger charge is 2.10. The highest BCUT2D eigenvalue weighted by Crippen LogP contribution is 2.24. The molecule has 32 heavy (non-hydrogen) atoms. The number of nitrogens with two attached hydrogens (primary N) is 1.